The van der Waals surface area contributed by atoms with E-state index in [0.717, 1.165) is 11.1 Å². The maximum Gasteiger partial charge on any atom is 0.341 e. The summed E-state index contributed by atoms with van der Waals surface area (Å²) in [5.41, 5.74) is 2.47. The van der Waals surface area contributed by atoms with Crippen LogP contribution >= 0.6 is 0 Å². The van der Waals surface area contributed by atoms with Gasteiger partial charge in [0.1, 0.15) is 5.92 Å². The van der Waals surface area contributed by atoms with Crippen LogP contribution in [0.1, 0.15) is 31.0 Å². The van der Waals surface area contributed by atoms with Crippen molar-refractivity contribution in [3.8, 4) is 0 Å². The summed E-state index contributed by atoms with van der Waals surface area (Å²) in [5.74, 6) is -0.935. The van der Waals surface area contributed by atoms with E-state index in [0.29, 0.717) is 12.3 Å². The van der Waals surface area contributed by atoms with E-state index >= 15 is 0 Å². The minimum Gasteiger partial charge on any atom is -0.465 e. The highest BCUT2D eigenvalue weighted by atomic mass is 16.5. The van der Waals surface area contributed by atoms with Crippen molar-refractivity contribution in [2.75, 3.05) is 6.61 Å². The minimum atomic E-state index is -0.574. The molecule has 0 fully saturated rings. The number of aryl methyl sites for hydroxylation is 1. The topological polar surface area (TPSA) is 67.8 Å². The molecule has 1 aliphatic heterocycles. The molecular formula is C15H18N2O3. The lowest BCUT2D eigenvalue weighted by Crippen LogP contribution is -2.44. The number of amides is 2. The highest BCUT2D eigenvalue weighted by Crippen LogP contribution is 2.28. The fourth-order valence-corrected chi connectivity index (χ4v) is 2.31. The second-order valence-electron chi connectivity index (χ2n) is 4.82. The van der Waals surface area contributed by atoms with E-state index in [1.165, 1.54) is 0 Å². The molecule has 0 aliphatic carbocycles. The van der Waals surface area contributed by atoms with E-state index in [2.05, 4.69) is 10.3 Å². The second kappa shape index (κ2) is 5.86. The lowest BCUT2D eigenvalue weighted by atomic mass is 9.88. The second-order valence-corrected chi connectivity index (χ2v) is 4.82. The molecule has 20 heavy (non-hydrogen) atoms. The zero-order valence-electron chi connectivity index (χ0n) is 11.8. The first-order chi connectivity index (χ1) is 9.52. The number of esters is 1. The van der Waals surface area contributed by atoms with E-state index in [1.807, 2.05) is 31.2 Å². The molecule has 5 heteroatoms. The molecule has 1 aromatic rings. The molecule has 2 rings (SSSR count). The predicted molar refractivity (Wildman–Crippen MR) is 75.7 cm³/mol. The normalized spacial score (nSPS) is 21.9. The molecule has 1 aromatic carbocycles. The number of benzene rings is 1. The van der Waals surface area contributed by atoms with E-state index in [9.17, 15) is 9.59 Å². The van der Waals surface area contributed by atoms with Crippen LogP contribution in [0.4, 0.5) is 4.79 Å². The summed E-state index contributed by atoms with van der Waals surface area (Å²) >= 11 is 0. The Morgan fingerprint density at radius 3 is 2.55 bits per heavy atom. The lowest BCUT2D eigenvalue weighted by molar-refractivity contribution is -0.146. The third kappa shape index (κ3) is 2.87. The molecule has 1 aliphatic rings. The number of nitrogens with one attached hydrogen (secondary N) is 1. The number of carbonyl (C=O) groups excluding carboxylic acids is 2. The van der Waals surface area contributed by atoms with Crippen molar-refractivity contribution in [1.29, 1.82) is 0 Å². The Morgan fingerprint density at radius 2 is 1.95 bits per heavy atom. The summed E-state index contributed by atoms with van der Waals surface area (Å²) in [5, 5.41) is 2.74. The summed E-state index contributed by atoms with van der Waals surface area (Å²) in [7, 11) is 0. The van der Waals surface area contributed by atoms with Crippen molar-refractivity contribution >= 4 is 17.7 Å². The molecule has 106 valence electrons. The van der Waals surface area contributed by atoms with E-state index < -0.39 is 18.0 Å². The Bertz CT molecular complexity index is 549. The molecule has 2 atom stereocenters. The van der Waals surface area contributed by atoms with Crippen molar-refractivity contribution < 1.29 is 14.3 Å². The van der Waals surface area contributed by atoms with Gasteiger partial charge >= 0.3 is 12.0 Å². The van der Waals surface area contributed by atoms with Crippen LogP contribution in [0.15, 0.2) is 29.3 Å². The van der Waals surface area contributed by atoms with Gasteiger partial charge in [-0.1, -0.05) is 29.8 Å². The number of hydrogen-bond acceptors (Lipinski definition) is 3. The quantitative estimate of drug-likeness (QED) is 0.860. The zero-order valence-corrected chi connectivity index (χ0v) is 11.8. The molecule has 0 spiro atoms. The number of nitrogens with zero attached hydrogens (tertiary/aromatic N) is 1. The monoisotopic (exact) mass is 274 g/mol. The highest BCUT2D eigenvalue weighted by Gasteiger charge is 2.37. The zero-order chi connectivity index (χ0) is 14.7. The Morgan fingerprint density at radius 1 is 1.30 bits per heavy atom. The summed E-state index contributed by atoms with van der Waals surface area (Å²) < 4.78 is 5.09. The molecule has 0 saturated heterocycles. The Kier molecular flexibility index (Phi) is 4.17. The number of ether oxygens (including phenoxy) is 1. The van der Waals surface area contributed by atoms with Gasteiger partial charge in [-0.3, -0.25) is 4.79 Å². The molecule has 1 N–H and O–H groups in total. The van der Waals surface area contributed by atoms with Crippen LogP contribution < -0.4 is 5.32 Å². The summed E-state index contributed by atoms with van der Waals surface area (Å²) in [6, 6.07) is 6.86. The van der Waals surface area contributed by atoms with E-state index in [1.54, 1.807) is 13.8 Å². The average molecular weight is 274 g/mol. The first kappa shape index (κ1) is 14.2. The average Bonchev–Trinajstić information content (AvgIpc) is 2.38. The fraction of sp³-hybridized carbons (Fsp3) is 0.400. The SMILES string of the molecule is CCOC(=O)C1C(C)=NC(=O)NC1c1ccc(C)cc1. The summed E-state index contributed by atoms with van der Waals surface area (Å²) in [6.07, 6.45) is 0. The van der Waals surface area contributed by atoms with Crippen molar-refractivity contribution in [1.82, 2.24) is 5.32 Å². The van der Waals surface area contributed by atoms with Gasteiger partial charge in [0.15, 0.2) is 0 Å². The third-order valence-corrected chi connectivity index (χ3v) is 3.32. The maximum atomic E-state index is 12.1. The maximum absolute atomic E-state index is 12.1. The molecule has 0 radical (unpaired) electrons. The number of hydrogen-bond donors (Lipinski definition) is 1. The number of carbonyl (C=O) groups is 2. The number of rotatable bonds is 3. The molecule has 2 unspecified atom stereocenters. The molecule has 5 nitrogen and oxygen atoms in total. The smallest absolute Gasteiger partial charge is 0.341 e. The summed E-state index contributed by atoms with van der Waals surface area (Å²) in [6.45, 7) is 5.73. The lowest BCUT2D eigenvalue weighted by Gasteiger charge is -2.29. The number of aliphatic imine (C=N–C) groups is 1. The molecule has 2 amide bonds. The predicted octanol–water partition coefficient (Wildman–Crippen LogP) is 2.40. The van der Waals surface area contributed by atoms with Gasteiger partial charge in [0.05, 0.1) is 12.6 Å². The van der Waals surface area contributed by atoms with E-state index in [4.69, 9.17) is 4.74 Å². The highest BCUT2D eigenvalue weighted by molar-refractivity contribution is 6.08. The first-order valence-corrected chi connectivity index (χ1v) is 6.61. The van der Waals surface area contributed by atoms with Crippen LogP contribution in [0.5, 0.6) is 0 Å². The van der Waals surface area contributed by atoms with Gasteiger partial charge < -0.3 is 10.1 Å². The Balaban J connectivity index is 2.37. The van der Waals surface area contributed by atoms with Gasteiger partial charge in [0.2, 0.25) is 0 Å². The van der Waals surface area contributed by atoms with Crippen LogP contribution in [0.25, 0.3) is 0 Å². The van der Waals surface area contributed by atoms with Crippen molar-refractivity contribution in [3.05, 3.63) is 35.4 Å². The van der Waals surface area contributed by atoms with Gasteiger partial charge in [0.25, 0.3) is 0 Å². The molecule has 0 saturated carbocycles. The van der Waals surface area contributed by atoms with Crippen LogP contribution in [-0.2, 0) is 9.53 Å². The molecule has 1 heterocycles. The van der Waals surface area contributed by atoms with Crippen LogP contribution in [0.2, 0.25) is 0 Å². The standard InChI is InChI=1S/C15H18N2O3/c1-4-20-14(18)12-10(3)16-15(19)17-13(12)11-7-5-9(2)6-8-11/h5-8,12-13H,4H2,1-3H3,(H,17,19). The van der Waals surface area contributed by atoms with Gasteiger partial charge in [0, 0.05) is 5.71 Å². The van der Waals surface area contributed by atoms with Crippen LogP contribution in [0, 0.1) is 12.8 Å². The van der Waals surface area contributed by atoms with Crippen molar-refractivity contribution in [2.24, 2.45) is 10.9 Å². The van der Waals surface area contributed by atoms with Gasteiger partial charge in [-0.2, -0.15) is 0 Å². The van der Waals surface area contributed by atoms with Crippen LogP contribution in [-0.4, -0.2) is 24.3 Å². The fourth-order valence-electron chi connectivity index (χ4n) is 2.31. The minimum absolute atomic E-state index is 0.303. The van der Waals surface area contributed by atoms with Gasteiger partial charge in [-0.05, 0) is 26.3 Å². The van der Waals surface area contributed by atoms with Crippen LogP contribution in [0.3, 0.4) is 0 Å². The van der Waals surface area contributed by atoms with Gasteiger partial charge in [-0.25, -0.2) is 9.79 Å². The van der Waals surface area contributed by atoms with Crippen molar-refractivity contribution in [3.63, 3.8) is 0 Å². The largest absolute Gasteiger partial charge is 0.465 e. The summed E-state index contributed by atoms with van der Waals surface area (Å²) in [4.78, 5) is 27.5. The first-order valence-electron chi connectivity index (χ1n) is 6.61. The Labute approximate surface area is 118 Å². The molecule has 0 bridgehead atoms. The molecular weight excluding hydrogens is 256 g/mol. The Hall–Kier alpha value is -2.17. The van der Waals surface area contributed by atoms with Gasteiger partial charge in [-0.15, -0.1) is 0 Å². The third-order valence-electron chi connectivity index (χ3n) is 3.32. The van der Waals surface area contributed by atoms with Crippen molar-refractivity contribution in [2.45, 2.75) is 26.8 Å². The van der Waals surface area contributed by atoms with E-state index in [-0.39, 0.29) is 5.97 Å². The number of urea groups is 1. The molecule has 0 aromatic heterocycles.